The van der Waals surface area contributed by atoms with Crippen LogP contribution in [0.25, 0.3) is 0 Å². The van der Waals surface area contributed by atoms with E-state index in [1.165, 1.54) is 18.3 Å². The average Bonchev–Trinajstić information content (AvgIpc) is 2.02. The van der Waals surface area contributed by atoms with Crippen LogP contribution < -0.4 is 5.73 Å². The zero-order chi connectivity index (χ0) is 10.8. The molecular formula is C8H9ClF2N2O. The van der Waals surface area contributed by atoms with Gasteiger partial charge < -0.3 is 10.8 Å². The number of hydrogen-bond acceptors (Lipinski definition) is 3. The van der Waals surface area contributed by atoms with Crippen LogP contribution in [0.4, 0.5) is 14.6 Å². The van der Waals surface area contributed by atoms with Gasteiger partial charge >= 0.3 is 5.38 Å². The summed E-state index contributed by atoms with van der Waals surface area (Å²) in [7, 11) is 0. The molecule has 14 heavy (non-hydrogen) atoms. The van der Waals surface area contributed by atoms with E-state index in [-0.39, 0.29) is 12.2 Å². The Morgan fingerprint density at radius 2 is 2.29 bits per heavy atom. The smallest absolute Gasteiger partial charge is 0.347 e. The van der Waals surface area contributed by atoms with E-state index < -0.39 is 11.5 Å². The molecule has 0 aliphatic carbocycles. The molecule has 0 radical (unpaired) electrons. The molecule has 0 aliphatic heterocycles. The van der Waals surface area contributed by atoms with Crippen LogP contribution in [-0.4, -0.2) is 21.6 Å². The average molecular weight is 223 g/mol. The highest BCUT2D eigenvalue weighted by atomic mass is 35.5. The van der Waals surface area contributed by atoms with Gasteiger partial charge in [-0.1, -0.05) is 0 Å². The topological polar surface area (TPSA) is 59.1 Å². The Morgan fingerprint density at radius 1 is 1.64 bits per heavy atom. The van der Waals surface area contributed by atoms with Crippen molar-refractivity contribution in [2.45, 2.75) is 17.9 Å². The molecule has 0 amide bonds. The van der Waals surface area contributed by atoms with Crippen LogP contribution in [0.15, 0.2) is 18.3 Å². The van der Waals surface area contributed by atoms with Crippen LogP contribution in [-0.2, 0) is 6.42 Å². The molecule has 0 aliphatic rings. The van der Waals surface area contributed by atoms with Crippen LogP contribution in [0.2, 0.25) is 0 Å². The second-order valence-electron chi connectivity index (χ2n) is 2.85. The molecular weight excluding hydrogens is 214 g/mol. The molecule has 78 valence electrons. The number of nitrogens with zero attached hydrogens (tertiary/aromatic N) is 1. The summed E-state index contributed by atoms with van der Waals surface area (Å²) in [5.41, 5.74) is 5.79. The van der Waals surface area contributed by atoms with Crippen LogP contribution in [0.5, 0.6) is 0 Å². The number of anilines is 1. The Kier molecular flexibility index (Phi) is 3.23. The number of alkyl halides is 3. The zero-order valence-corrected chi connectivity index (χ0v) is 7.88. The summed E-state index contributed by atoms with van der Waals surface area (Å²) < 4.78 is 24.7. The maximum atomic E-state index is 12.4. The number of halogens is 3. The number of aromatic nitrogens is 1. The first kappa shape index (κ1) is 11.1. The maximum Gasteiger partial charge on any atom is 0.347 e. The molecule has 1 aromatic rings. The van der Waals surface area contributed by atoms with E-state index in [0.717, 1.165) is 0 Å². The van der Waals surface area contributed by atoms with E-state index in [9.17, 15) is 8.78 Å². The third-order valence-corrected chi connectivity index (χ3v) is 1.90. The van der Waals surface area contributed by atoms with Gasteiger partial charge in [0.1, 0.15) is 11.9 Å². The Hall–Kier alpha value is -0.940. The summed E-state index contributed by atoms with van der Waals surface area (Å²) >= 11 is 4.64. The van der Waals surface area contributed by atoms with Gasteiger partial charge in [0.05, 0.1) is 0 Å². The molecule has 0 aromatic carbocycles. The molecule has 0 spiro atoms. The van der Waals surface area contributed by atoms with Crippen LogP contribution in [0.1, 0.15) is 5.56 Å². The lowest BCUT2D eigenvalue weighted by atomic mass is 10.1. The van der Waals surface area contributed by atoms with Crippen molar-refractivity contribution in [3.05, 3.63) is 23.9 Å². The molecule has 1 heterocycles. The lowest BCUT2D eigenvalue weighted by molar-refractivity contribution is -0.0397. The molecule has 1 unspecified atom stereocenters. The van der Waals surface area contributed by atoms with Crippen molar-refractivity contribution in [2.75, 3.05) is 5.73 Å². The molecule has 0 fully saturated rings. The van der Waals surface area contributed by atoms with Gasteiger partial charge in [-0.3, -0.25) is 0 Å². The lowest BCUT2D eigenvalue weighted by Gasteiger charge is -2.15. The van der Waals surface area contributed by atoms with Gasteiger partial charge in [0.15, 0.2) is 0 Å². The second kappa shape index (κ2) is 4.06. The van der Waals surface area contributed by atoms with E-state index in [1.54, 1.807) is 0 Å². The predicted molar refractivity (Wildman–Crippen MR) is 49.2 cm³/mol. The van der Waals surface area contributed by atoms with Crippen LogP contribution in [0.3, 0.4) is 0 Å². The molecule has 3 nitrogen and oxygen atoms in total. The first-order valence-electron chi connectivity index (χ1n) is 3.85. The predicted octanol–water partition coefficient (Wildman–Crippen LogP) is 1.40. The lowest BCUT2D eigenvalue weighted by Crippen LogP contribution is -2.29. The van der Waals surface area contributed by atoms with Crippen LogP contribution in [0, 0.1) is 0 Å². The normalized spacial score (nSPS) is 14.0. The van der Waals surface area contributed by atoms with Gasteiger partial charge in [-0.2, -0.15) is 8.78 Å². The second-order valence-corrected chi connectivity index (χ2v) is 3.35. The number of aliphatic hydroxyl groups excluding tert-OH is 1. The number of nitrogens with two attached hydrogens (primary N) is 1. The fourth-order valence-electron chi connectivity index (χ4n) is 0.960. The van der Waals surface area contributed by atoms with Crippen molar-refractivity contribution < 1.29 is 13.9 Å². The van der Waals surface area contributed by atoms with Gasteiger partial charge in [-0.05, 0) is 29.3 Å². The van der Waals surface area contributed by atoms with Crippen molar-refractivity contribution in [3.63, 3.8) is 0 Å². The SMILES string of the molecule is Nc1cc(CC(O)C(F)(F)Cl)ccn1. The van der Waals surface area contributed by atoms with Gasteiger partial charge in [-0.25, -0.2) is 4.98 Å². The minimum atomic E-state index is -3.63. The zero-order valence-electron chi connectivity index (χ0n) is 7.12. The molecule has 3 N–H and O–H groups in total. The van der Waals surface area contributed by atoms with Gasteiger partial charge in [0.2, 0.25) is 0 Å². The van der Waals surface area contributed by atoms with Gasteiger partial charge in [0, 0.05) is 12.6 Å². The van der Waals surface area contributed by atoms with Crippen molar-refractivity contribution >= 4 is 17.4 Å². The molecule has 1 aromatic heterocycles. The molecule has 0 saturated carbocycles. The largest absolute Gasteiger partial charge is 0.385 e. The summed E-state index contributed by atoms with van der Waals surface area (Å²) in [6.45, 7) is 0. The number of nitrogen functional groups attached to an aromatic ring is 1. The summed E-state index contributed by atoms with van der Waals surface area (Å²) in [5.74, 6) is 0.215. The quantitative estimate of drug-likeness (QED) is 0.760. The Morgan fingerprint density at radius 3 is 2.79 bits per heavy atom. The summed E-state index contributed by atoms with van der Waals surface area (Å²) in [6, 6.07) is 2.90. The van der Waals surface area contributed by atoms with Crippen molar-refractivity contribution in [3.8, 4) is 0 Å². The standard InChI is InChI=1S/C8H9ClF2N2O/c9-8(10,11)6(14)3-5-1-2-13-7(12)4-5/h1-2,4,6,14H,3H2,(H2,12,13). The van der Waals surface area contributed by atoms with Crippen molar-refractivity contribution in [2.24, 2.45) is 0 Å². The number of aliphatic hydroxyl groups is 1. The highest BCUT2D eigenvalue weighted by Gasteiger charge is 2.35. The summed E-state index contributed by atoms with van der Waals surface area (Å²) in [6.07, 6.45) is -0.807. The Bertz CT molecular complexity index is 316. The fourth-order valence-corrected chi connectivity index (χ4v) is 1.04. The monoisotopic (exact) mass is 222 g/mol. The third kappa shape index (κ3) is 3.08. The summed E-state index contributed by atoms with van der Waals surface area (Å²) in [4.78, 5) is 3.68. The highest BCUT2D eigenvalue weighted by Crippen LogP contribution is 2.25. The van der Waals surface area contributed by atoms with Crippen molar-refractivity contribution in [1.82, 2.24) is 4.98 Å². The van der Waals surface area contributed by atoms with Crippen molar-refractivity contribution in [1.29, 1.82) is 0 Å². The number of pyridine rings is 1. The Balaban J connectivity index is 2.70. The number of rotatable bonds is 3. The first-order chi connectivity index (χ1) is 6.39. The minimum Gasteiger partial charge on any atom is -0.385 e. The fraction of sp³-hybridized carbons (Fsp3) is 0.375. The summed E-state index contributed by atoms with van der Waals surface area (Å²) in [5, 5.41) is 5.36. The van der Waals surface area contributed by atoms with Gasteiger partial charge in [-0.15, -0.1) is 0 Å². The highest BCUT2D eigenvalue weighted by molar-refractivity contribution is 6.22. The molecule has 0 bridgehead atoms. The molecule has 1 rings (SSSR count). The van der Waals surface area contributed by atoms with E-state index >= 15 is 0 Å². The number of hydrogen-bond donors (Lipinski definition) is 2. The van der Waals surface area contributed by atoms with Gasteiger partial charge in [0.25, 0.3) is 0 Å². The third-order valence-electron chi connectivity index (χ3n) is 1.65. The van der Waals surface area contributed by atoms with E-state index in [0.29, 0.717) is 5.56 Å². The first-order valence-corrected chi connectivity index (χ1v) is 4.22. The molecule has 6 heteroatoms. The van der Waals surface area contributed by atoms with E-state index in [4.69, 9.17) is 10.8 Å². The Labute approximate surface area is 84.5 Å². The van der Waals surface area contributed by atoms with Crippen LogP contribution >= 0.6 is 11.6 Å². The maximum absolute atomic E-state index is 12.4. The molecule has 1 atom stereocenters. The molecule has 0 saturated heterocycles. The van der Waals surface area contributed by atoms with E-state index in [2.05, 4.69) is 16.6 Å². The van der Waals surface area contributed by atoms with E-state index in [1.807, 2.05) is 0 Å². The minimum absolute atomic E-state index is 0.215.